The maximum atomic E-state index is 12.5. The third-order valence-corrected chi connectivity index (χ3v) is 4.48. The van der Waals surface area contributed by atoms with Gasteiger partial charge in [0.15, 0.2) is 0 Å². The summed E-state index contributed by atoms with van der Waals surface area (Å²) in [6.45, 7) is 0. The highest BCUT2D eigenvalue weighted by Crippen LogP contribution is 2.53. The molecule has 0 radical (unpaired) electrons. The third kappa shape index (κ3) is 1.09. The van der Waals surface area contributed by atoms with Crippen molar-refractivity contribution >= 4 is 17.5 Å². The van der Waals surface area contributed by atoms with Gasteiger partial charge >= 0.3 is 0 Å². The Hall–Kier alpha value is -1.90. The van der Waals surface area contributed by atoms with Crippen molar-refractivity contribution in [3.05, 3.63) is 42.5 Å². The SMILES string of the molecule is O=C1[C@H]2[C@H](C(=O)N1c1ccccc1)[C@H]1C=C[C@H]2C1. The van der Waals surface area contributed by atoms with Gasteiger partial charge in [-0.05, 0) is 30.4 Å². The van der Waals surface area contributed by atoms with Gasteiger partial charge in [0.2, 0.25) is 11.8 Å². The van der Waals surface area contributed by atoms with Crippen LogP contribution in [0.1, 0.15) is 6.42 Å². The van der Waals surface area contributed by atoms with Crippen LogP contribution in [0.25, 0.3) is 0 Å². The molecule has 3 heteroatoms. The highest BCUT2D eigenvalue weighted by Gasteiger charge is 2.59. The van der Waals surface area contributed by atoms with Crippen molar-refractivity contribution in [1.82, 2.24) is 0 Å². The Morgan fingerprint density at radius 1 is 0.889 bits per heavy atom. The molecule has 1 aliphatic heterocycles. The van der Waals surface area contributed by atoms with E-state index in [0.29, 0.717) is 5.69 Å². The number of rotatable bonds is 1. The molecule has 4 rings (SSSR count). The minimum Gasteiger partial charge on any atom is -0.274 e. The van der Waals surface area contributed by atoms with Crippen LogP contribution in [0.2, 0.25) is 0 Å². The van der Waals surface area contributed by atoms with Crippen molar-refractivity contribution in [2.24, 2.45) is 23.7 Å². The first-order valence-corrected chi connectivity index (χ1v) is 6.38. The summed E-state index contributed by atoms with van der Waals surface area (Å²) in [6, 6.07) is 9.26. The number of para-hydroxylation sites is 1. The summed E-state index contributed by atoms with van der Waals surface area (Å²) in [7, 11) is 0. The smallest absolute Gasteiger partial charge is 0.238 e. The zero-order valence-electron chi connectivity index (χ0n) is 9.82. The third-order valence-electron chi connectivity index (χ3n) is 4.48. The Kier molecular flexibility index (Phi) is 1.85. The summed E-state index contributed by atoms with van der Waals surface area (Å²) in [5.74, 6) is 0.344. The summed E-state index contributed by atoms with van der Waals surface area (Å²) < 4.78 is 0. The lowest BCUT2D eigenvalue weighted by molar-refractivity contribution is -0.123. The monoisotopic (exact) mass is 239 g/mol. The van der Waals surface area contributed by atoms with E-state index in [1.54, 1.807) is 0 Å². The van der Waals surface area contributed by atoms with Crippen molar-refractivity contribution in [3.8, 4) is 0 Å². The summed E-state index contributed by atoms with van der Waals surface area (Å²) in [5.41, 5.74) is 0.710. The molecule has 1 saturated heterocycles. The van der Waals surface area contributed by atoms with Crippen LogP contribution in [-0.4, -0.2) is 11.8 Å². The number of anilines is 1. The van der Waals surface area contributed by atoms with E-state index in [-0.39, 0.29) is 35.5 Å². The molecule has 0 spiro atoms. The second kappa shape index (κ2) is 3.31. The number of imide groups is 1. The molecule has 2 aliphatic carbocycles. The number of nitrogens with zero attached hydrogens (tertiary/aromatic N) is 1. The van der Waals surface area contributed by atoms with Crippen LogP contribution in [0, 0.1) is 23.7 Å². The van der Waals surface area contributed by atoms with E-state index >= 15 is 0 Å². The molecule has 18 heavy (non-hydrogen) atoms. The average Bonchev–Trinajstić information content (AvgIpc) is 3.05. The first-order valence-electron chi connectivity index (χ1n) is 6.38. The van der Waals surface area contributed by atoms with E-state index < -0.39 is 0 Å². The Balaban J connectivity index is 1.77. The largest absolute Gasteiger partial charge is 0.274 e. The van der Waals surface area contributed by atoms with E-state index in [4.69, 9.17) is 0 Å². The number of carbonyl (C=O) groups is 2. The van der Waals surface area contributed by atoms with Gasteiger partial charge in [-0.2, -0.15) is 0 Å². The Morgan fingerprint density at radius 3 is 2.00 bits per heavy atom. The van der Waals surface area contributed by atoms with Crippen LogP contribution in [0.3, 0.4) is 0 Å². The molecular weight excluding hydrogens is 226 g/mol. The van der Waals surface area contributed by atoms with E-state index in [0.717, 1.165) is 6.42 Å². The highest BCUT2D eigenvalue weighted by molar-refractivity contribution is 6.22. The number of carbonyl (C=O) groups excluding carboxylic acids is 2. The van der Waals surface area contributed by atoms with Gasteiger partial charge in [-0.1, -0.05) is 30.4 Å². The first kappa shape index (κ1) is 10.1. The number of allylic oxidation sites excluding steroid dienone is 2. The lowest BCUT2D eigenvalue weighted by atomic mass is 9.85. The van der Waals surface area contributed by atoms with Gasteiger partial charge < -0.3 is 0 Å². The van der Waals surface area contributed by atoms with E-state index in [1.807, 2.05) is 30.3 Å². The topological polar surface area (TPSA) is 37.4 Å². The van der Waals surface area contributed by atoms with Gasteiger partial charge in [0.25, 0.3) is 0 Å². The predicted octanol–water partition coefficient (Wildman–Crippen LogP) is 2.00. The second-order valence-electron chi connectivity index (χ2n) is 5.35. The first-order chi connectivity index (χ1) is 8.77. The van der Waals surface area contributed by atoms with Crippen LogP contribution in [-0.2, 0) is 9.59 Å². The van der Waals surface area contributed by atoms with Gasteiger partial charge in [0.05, 0.1) is 17.5 Å². The number of amides is 2. The van der Waals surface area contributed by atoms with E-state index in [1.165, 1.54) is 4.90 Å². The summed E-state index contributed by atoms with van der Waals surface area (Å²) in [6.07, 6.45) is 5.21. The highest BCUT2D eigenvalue weighted by atomic mass is 16.2. The average molecular weight is 239 g/mol. The zero-order chi connectivity index (χ0) is 12.3. The van der Waals surface area contributed by atoms with Gasteiger partial charge in [-0.3, -0.25) is 14.5 Å². The fourth-order valence-electron chi connectivity index (χ4n) is 3.73. The predicted molar refractivity (Wildman–Crippen MR) is 66.7 cm³/mol. The zero-order valence-corrected chi connectivity index (χ0v) is 9.82. The molecule has 1 heterocycles. The summed E-state index contributed by atoms with van der Waals surface area (Å²) in [5, 5.41) is 0. The number of hydrogen-bond donors (Lipinski definition) is 0. The van der Waals surface area contributed by atoms with Crippen LogP contribution >= 0.6 is 0 Å². The molecule has 4 atom stereocenters. The minimum absolute atomic E-state index is 0.00644. The number of benzene rings is 1. The standard InChI is InChI=1S/C15H13NO2/c17-14-12-9-6-7-10(8-9)13(12)15(18)16(14)11-4-2-1-3-5-11/h1-7,9-10,12-13H,8H2/t9-,10-,12+,13+/m0/s1. The lowest BCUT2D eigenvalue weighted by Gasteiger charge is -2.16. The molecule has 1 aromatic carbocycles. The fourth-order valence-corrected chi connectivity index (χ4v) is 3.73. The molecule has 3 nitrogen and oxygen atoms in total. The van der Waals surface area contributed by atoms with Crippen LogP contribution in [0.5, 0.6) is 0 Å². The van der Waals surface area contributed by atoms with E-state index in [2.05, 4.69) is 12.2 Å². The maximum Gasteiger partial charge on any atom is 0.238 e. The quantitative estimate of drug-likeness (QED) is 0.555. The van der Waals surface area contributed by atoms with Gasteiger partial charge in [-0.15, -0.1) is 0 Å². The van der Waals surface area contributed by atoms with Gasteiger partial charge in [0, 0.05) is 0 Å². The number of hydrogen-bond acceptors (Lipinski definition) is 2. The molecule has 1 saturated carbocycles. The molecule has 2 amide bonds. The lowest BCUT2D eigenvalue weighted by Crippen LogP contribution is -2.32. The molecule has 1 aromatic rings. The molecule has 0 N–H and O–H groups in total. The molecule has 0 aromatic heterocycles. The number of fused-ring (bicyclic) bond motifs is 5. The normalized spacial score (nSPS) is 36.6. The molecule has 2 fully saturated rings. The summed E-state index contributed by atoms with van der Waals surface area (Å²) >= 11 is 0. The van der Waals surface area contributed by atoms with Gasteiger partial charge in [-0.25, -0.2) is 0 Å². The Labute approximate surface area is 105 Å². The molecule has 3 aliphatic rings. The van der Waals surface area contributed by atoms with Crippen LogP contribution in [0.4, 0.5) is 5.69 Å². The van der Waals surface area contributed by atoms with Crippen LogP contribution in [0.15, 0.2) is 42.5 Å². The molecular formula is C15H13NO2. The molecule has 0 unspecified atom stereocenters. The summed E-state index contributed by atoms with van der Waals surface area (Å²) in [4.78, 5) is 26.3. The Morgan fingerprint density at radius 2 is 1.44 bits per heavy atom. The van der Waals surface area contributed by atoms with Crippen molar-refractivity contribution in [2.75, 3.05) is 4.90 Å². The van der Waals surface area contributed by atoms with Gasteiger partial charge in [0.1, 0.15) is 0 Å². The Bertz CT molecular complexity index is 533. The fraction of sp³-hybridized carbons (Fsp3) is 0.333. The van der Waals surface area contributed by atoms with Crippen molar-refractivity contribution in [2.45, 2.75) is 6.42 Å². The van der Waals surface area contributed by atoms with Crippen LogP contribution < -0.4 is 4.90 Å². The van der Waals surface area contributed by atoms with Crippen molar-refractivity contribution in [3.63, 3.8) is 0 Å². The van der Waals surface area contributed by atoms with Crippen molar-refractivity contribution in [1.29, 1.82) is 0 Å². The van der Waals surface area contributed by atoms with Crippen molar-refractivity contribution < 1.29 is 9.59 Å². The maximum absolute atomic E-state index is 12.5. The minimum atomic E-state index is -0.104. The molecule has 2 bridgehead atoms. The molecule has 90 valence electrons. The second-order valence-corrected chi connectivity index (χ2v) is 5.35. The van der Waals surface area contributed by atoms with E-state index in [9.17, 15) is 9.59 Å².